The lowest BCUT2D eigenvalue weighted by atomic mass is 9.93. The van der Waals surface area contributed by atoms with Crippen LogP contribution in [0.5, 0.6) is 0 Å². The van der Waals surface area contributed by atoms with Gasteiger partial charge in [-0.3, -0.25) is 0 Å². The molecule has 0 aliphatic heterocycles. The van der Waals surface area contributed by atoms with Gasteiger partial charge in [0.1, 0.15) is 0 Å². The fourth-order valence-electron chi connectivity index (χ4n) is 2.72. The maximum absolute atomic E-state index is 9.96. The fraction of sp³-hybridized carbons (Fsp3) is 0.529. The van der Waals surface area contributed by atoms with Gasteiger partial charge in [0.05, 0.1) is 6.10 Å². The standard InChI is InChI=1S/C17H24O/c1-2-3-4-8-16(18)13-12-15-11-10-14-7-5-6-9-17(14)15/h5-7,9-11,15-16,18H,2-4,8,12-13H2,1H3. The summed E-state index contributed by atoms with van der Waals surface area (Å²) in [7, 11) is 0. The molecule has 1 aromatic rings. The molecule has 18 heavy (non-hydrogen) atoms. The first-order chi connectivity index (χ1) is 8.81. The predicted molar refractivity (Wildman–Crippen MR) is 77.6 cm³/mol. The highest BCUT2D eigenvalue weighted by molar-refractivity contribution is 5.62. The van der Waals surface area contributed by atoms with Gasteiger partial charge in [-0.15, -0.1) is 0 Å². The van der Waals surface area contributed by atoms with E-state index in [9.17, 15) is 5.11 Å². The Labute approximate surface area is 111 Å². The van der Waals surface area contributed by atoms with Gasteiger partial charge in [-0.05, 0) is 30.4 Å². The molecular weight excluding hydrogens is 220 g/mol. The van der Waals surface area contributed by atoms with Crippen LogP contribution in [0, 0.1) is 0 Å². The predicted octanol–water partition coefficient (Wildman–Crippen LogP) is 4.52. The molecule has 98 valence electrons. The van der Waals surface area contributed by atoms with E-state index in [1.54, 1.807) is 0 Å². The van der Waals surface area contributed by atoms with Gasteiger partial charge in [0, 0.05) is 5.92 Å². The number of aliphatic hydroxyl groups is 1. The summed E-state index contributed by atoms with van der Waals surface area (Å²) in [6.07, 6.45) is 11.0. The Bertz CT molecular complexity index is 394. The normalized spacial score (nSPS) is 18.9. The zero-order valence-corrected chi connectivity index (χ0v) is 11.3. The van der Waals surface area contributed by atoms with Gasteiger partial charge in [0.25, 0.3) is 0 Å². The molecular formula is C17H24O. The summed E-state index contributed by atoms with van der Waals surface area (Å²) >= 11 is 0. The number of benzene rings is 1. The highest BCUT2D eigenvalue weighted by Gasteiger charge is 2.17. The Balaban J connectivity index is 1.77. The molecule has 0 aromatic heterocycles. The second kappa shape index (κ2) is 6.75. The number of allylic oxidation sites excluding steroid dienone is 1. The van der Waals surface area contributed by atoms with Crippen molar-refractivity contribution in [1.82, 2.24) is 0 Å². The molecule has 0 saturated heterocycles. The van der Waals surface area contributed by atoms with E-state index in [1.165, 1.54) is 24.0 Å². The Morgan fingerprint density at radius 2 is 2.00 bits per heavy atom. The first kappa shape index (κ1) is 13.4. The maximum Gasteiger partial charge on any atom is 0.0540 e. The zero-order chi connectivity index (χ0) is 12.8. The Morgan fingerprint density at radius 3 is 2.83 bits per heavy atom. The summed E-state index contributed by atoms with van der Waals surface area (Å²) in [6.45, 7) is 2.20. The molecule has 1 aromatic carbocycles. The summed E-state index contributed by atoms with van der Waals surface area (Å²) < 4.78 is 0. The van der Waals surface area contributed by atoms with Crippen molar-refractivity contribution in [2.24, 2.45) is 0 Å². The van der Waals surface area contributed by atoms with Crippen molar-refractivity contribution < 1.29 is 5.11 Å². The van der Waals surface area contributed by atoms with Crippen molar-refractivity contribution in [2.75, 3.05) is 0 Å². The zero-order valence-electron chi connectivity index (χ0n) is 11.3. The van der Waals surface area contributed by atoms with Gasteiger partial charge in [0.2, 0.25) is 0 Å². The van der Waals surface area contributed by atoms with E-state index in [0.717, 1.165) is 25.7 Å². The highest BCUT2D eigenvalue weighted by Crippen LogP contribution is 2.33. The third-order valence-corrected chi connectivity index (χ3v) is 3.86. The Hall–Kier alpha value is -1.08. The van der Waals surface area contributed by atoms with Gasteiger partial charge < -0.3 is 5.11 Å². The molecule has 0 saturated carbocycles. The number of rotatable bonds is 7. The summed E-state index contributed by atoms with van der Waals surface area (Å²) in [5, 5.41) is 9.96. The molecule has 0 bridgehead atoms. The minimum absolute atomic E-state index is 0.113. The summed E-state index contributed by atoms with van der Waals surface area (Å²) in [4.78, 5) is 0. The average Bonchev–Trinajstić information content (AvgIpc) is 2.80. The van der Waals surface area contributed by atoms with Crippen LogP contribution in [-0.4, -0.2) is 11.2 Å². The van der Waals surface area contributed by atoms with Crippen molar-refractivity contribution in [3.05, 3.63) is 41.5 Å². The molecule has 1 nitrogen and oxygen atoms in total. The van der Waals surface area contributed by atoms with Crippen molar-refractivity contribution in [2.45, 2.75) is 57.5 Å². The molecule has 2 rings (SSSR count). The molecule has 1 N–H and O–H groups in total. The first-order valence-corrected chi connectivity index (χ1v) is 7.26. The van der Waals surface area contributed by atoms with E-state index < -0.39 is 0 Å². The molecule has 1 aliphatic rings. The minimum Gasteiger partial charge on any atom is -0.393 e. The number of aliphatic hydroxyl groups excluding tert-OH is 1. The minimum atomic E-state index is -0.113. The summed E-state index contributed by atoms with van der Waals surface area (Å²) in [6, 6.07) is 8.58. The van der Waals surface area contributed by atoms with Crippen LogP contribution in [0.25, 0.3) is 6.08 Å². The van der Waals surface area contributed by atoms with Crippen LogP contribution in [-0.2, 0) is 0 Å². The second-order valence-electron chi connectivity index (χ2n) is 5.32. The number of hydrogen-bond donors (Lipinski definition) is 1. The average molecular weight is 244 g/mol. The van der Waals surface area contributed by atoms with Gasteiger partial charge in [-0.1, -0.05) is 62.6 Å². The van der Waals surface area contributed by atoms with Crippen molar-refractivity contribution in [3.63, 3.8) is 0 Å². The molecule has 2 unspecified atom stereocenters. The van der Waals surface area contributed by atoms with Crippen molar-refractivity contribution >= 4 is 6.08 Å². The first-order valence-electron chi connectivity index (χ1n) is 7.26. The topological polar surface area (TPSA) is 20.2 Å². The quantitative estimate of drug-likeness (QED) is 0.699. The van der Waals surface area contributed by atoms with E-state index in [2.05, 4.69) is 43.3 Å². The van der Waals surface area contributed by atoms with Crippen LogP contribution in [0.15, 0.2) is 30.3 Å². The van der Waals surface area contributed by atoms with E-state index >= 15 is 0 Å². The third-order valence-electron chi connectivity index (χ3n) is 3.86. The van der Waals surface area contributed by atoms with Gasteiger partial charge in [0.15, 0.2) is 0 Å². The van der Waals surface area contributed by atoms with E-state index in [1.807, 2.05) is 0 Å². The number of fused-ring (bicyclic) bond motifs is 1. The molecule has 0 fully saturated rings. The monoisotopic (exact) mass is 244 g/mol. The van der Waals surface area contributed by atoms with E-state index in [4.69, 9.17) is 0 Å². The van der Waals surface area contributed by atoms with Crippen LogP contribution < -0.4 is 0 Å². The lowest BCUT2D eigenvalue weighted by molar-refractivity contribution is 0.147. The van der Waals surface area contributed by atoms with E-state index in [-0.39, 0.29) is 6.10 Å². The molecule has 1 aliphatic carbocycles. The largest absolute Gasteiger partial charge is 0.393 e. The van der Waals surface area contributed by atoms with Gasteiger partial charge in [-0.2, -0.15) is 0 Å². The lowest BCUT2D eigenvalue weighted by Gasteiger charge is -2.14. The smallest absolute Gasteiger partial charge is 0.0540 e. The SMILES string of the molecule is CCCCCC(O)CCC1C=Cc2ccccc21. The van der Waals surface area contributed by atoms with Crippen LogP contribution in [0.1, 0.15) is 62.5 Å². The Kier molecular flexibility index (Phi) is 5.00. The van der Waals surface area contributed by atoms with Crippen LogP contribution in [0.4, 0.5) is 0 Å². The van der Waals surface area contributed by atoms with E-state index in [0.29, 0.717) is 5.92 Å². The molecule has 1 heteroatoms. The maximum atomic E-state index is 9.96. The second-order valence-corrected chi connectivity index (χ2v) is 5.32. The lowest BCUT2D eigenvalue weighted by Crippen LogP contribution is -2.08. The van der Waals surface area contributed by atoms with Crippen molar-refractivity contribution in [3.8, 4) is 0 Å². The van der Waals surface area contributed by atoms with Crippen LogP contribution in [0.3, 0.4) is 0 Å². The summed E-state index contributed by atoms with van der Waals surface area (Å²) in [5.41, 5.74) is 2.78. The Morgan fingerprint density at radius 1 is 1.17 bits per heavy atom. The van der Waals surface area contributed by atoms with Gasteiger partial charge >= 0.3 is 0 Å². The molecule has 0 heterocycles. The molecule has 2 atom stereocenters. The highest BCUT2D eigenvalue weighted by atomic mass is 16.3. The third kappa shape index (κ3) is 3.46. The van der Waals surface area contributed by atoms with Crippen LogP contribution in [0.2, 0.25) is 0 Å². The molecule has 0 spiro atoms. The molecule has 0 amide bonds. The number of unbranched alkanes of at least 4 members (excludes halogenated alkanes) is 2. The number of hydrogen-bond acceptors (Lipinski definition) is 1. The fourth-order valence-corrected chi connectivity index (χ4v) is 2.72. The summed E-state index contributed by atoms with van der Waals surface area (Å²) in [5.74, 6) is 0.516. The van der Waals surface area contributed by atoms with Crippen LogP contribution >= 0.6 is 0 Å². The van der Waals surface area contributed by atoms with Crippen molar-refractivity contribution in [1.29, 1.82) is 0 Å². The molecule has 0 radical (unpaired) electrons. The van der Waals surface area contributed by atoms with Gasteiger partial charge in [-0.25, -0.2) is 0 Å².